The number of nitrogens with zero attached hydrogens (tertiary/aromatic N) is 5. The molecule has 4 rings (SSSR count). The van der Waals surface area contributed by atoms with Crippen molar-refractivity contribution in [2.75, 3.05) is 41.3 Å². The molecule has 0 bridgehead atoms. The fourth-order valence-electron chi connectivity index (χ4n) is 3.21. The van der Waals surface area contributed by atoms with Crippen LogP contribution in [0.15, 0.2) is 48.7 Å². The maximum atomic E-state index is 13.4. The average Bonchev–Trinajstić information content (AvgIpc) is 2.71. The minimum atomic E-state index is -0.901. The van der Waals surface area contributed by atoms with Crippen LogP contribution in [0.5, 0.6) is 0 Å². The summed E-state index contributed by atoms with van der Waals surface area (Å²) >= 11 is 0. The lowest BCUT2D eigenvalue weighted by molar-refractivity contribution is 0.509. The number of anilines is 4. The van der Waals surface area contributed by atoms with E-state index in [0.29, 0.717) is 17.3 Å². The van der Waals surface area contributed by atoms with E-state index in [2.05, 4.69) is 30.1 Å². The van der Waals surface area contributed by atoms with E-state index in [0.717, 1.165) is 49.9 Å². The van der Waals surface area contributed by atoms with Crippen molar-refractivity contribution in [3.05, 3.63) is 66.1 Å². The molecule has 6 nitrogen and oxygen atoms in total. The van der Waals surface area contributed by atoms with E-state index in [-0.39, 0.29) is 0 Å². The minimum absolute atomic E-state index is 0.433. The van der Waals surface area contributed by atoms with Crippen molar-refractivity contribution in [1.29, 1.82) is 0 Å². The lowest BCUT2D eigenvalue weighted by Gasteiger charge is -2.36. The van der Waals surface area contributed by atoms with Gasteiger partial charge in [0.05, 0.1) is 0 Å². The summed E-state index contributed by atoms with van der Waals surface area (Å²) in [4.78, 5) is 17.7. The van der Waals surface area contributed by atoms with Gasteiger partial charge in [-0.1, -0.05) is 6.07 Å². The van der Waals surface area contributed by atoms with Gasteiger partial charge in [0.1, 0.15) is 23.3 Å². The van der Waals surface area contributed by atoms with Crippen LogP contribution in [0.3, 0.4) is 0 Å². The number of rotatable bonds is 4. The van der Waals surface area contributed by atoms with Crippen LogP contribution in [0.4, 0.5) is 31.9 Å². The van der Waals surface area contributed by atoms with Crippen LogP contribution in [-0.4, -0.2) is 41.1 Å². The van der Waals surface area contributed by atoms with Crippen molar-refractivity contribution in [2.24, 2.45) is 0 Å². The first-order valence-electron chi connectivity index (χ1n) is 9.07. The molecule has 28 heavy (non-hydrogen) atoms. The first-order chi connectivity index (χ1) is 13.6. The molecule has 0 atom stereocenters. The van der Waals surface area contributed by atoms with Crippen molar-refractivity contribution in [1.82, 2.24) is 15.0 Å². The molecule has 0 saturated carbocycles. The van der Waals surface area contributed by atoms with Gasteiger partial charge in [0, 0.05) is 50.2 Å². The molecule has 0 amide bonds. The number of hydrogen-bond acceptors (Lipinski definition) is 6. The maximum absolute atomic E-state index is 13.4. The van der Waals surface area contributed by atoms with Crippen molar-refractivity contribution in [2.45, 2.75) is 6.92 Å². The van der Waals surface area contributed by atoms with Crippen LogP contribution < -0.4 is 15.1 Å². The van der Waals surface area contributed by atoms with E-state index in [9.17, 15) is 8.78 Å². The molecule has 144 valence electrons. The monoisotopic (exact) mass is 382 g/mol. The minimum Gasteiger partial charge on any atom is -0.353 e. The summed E-state index contributed by atoms with van der Waals surface area (Å²) in [5.41, 5.74) is 0.433. The molecule has 3 aromatic rings. The fraction of sp³-hybridized carbons (Fsp3) is 0.250. The highest BCUT2D eigenvalue weighted by Crippen LogP contribution is 2.23. The Morgan fingerprint density at radius 2 is 1.61 bits per heavy atom. The van der Waals surface area contributed by atoms with E-state index < -0.39 is 11.6 Å². The van der Waals surface area contributed by atoms with Gasteiger partial charge in [-0.05, 0) is 31.2 Å². The zero-order valence-corrected chi connectivity index (χ0v) is 15.4. The Labute approximate surface area is 161 Å². The standard InChI is InChI=1S/C20H20F2N6/c1-14-24-18(26-15-5-6-16(21)17(22)12-15)13-20(25-14)28-10-8-27(9-11-28)19-4-2-3-7-23-19/h2-7,12-13H,8-11H2,1H3,(H,24,25,26). The highest BCUT2D eigenvalue weighted by Gasteiger charge is 2.20. The Morgan fingerprint density at radius 3 is 2.29 bits per heavy atom. The van der Waals surface area contributed by atoms with Crippen LogP contribution in [0, 0.1) is 18.6 Å². The molecule has 2 aromatic heterocycles. The third-order valence-corrected chi connectivity index (χ3v) is 4.59. The Morgan fingerprint density at radius 1 is 0.857 bits per heavy atom. The van der Waals surface area contributed by atoms with Crippen LogP contribution in [0.1, 0.15) is 5.82 Å². The Kier molecular flexibility index (Phi) is 5.01. The largest absolute Gasteiger partial charge is 0.353 e. The highest BCUT2D eigenvalue weighted by atomic mass is 19.2. The van der Waals surface area contributed by atoms with E-state index in [1.165, 1.54) is 6.07 Å². The zero-order chi connectivity index (χ0) is 19.5. The molecular formula is C20H20F2N6. The molecule has 8 heteroatoms. The third kappa shape index (κ3) is 4.00. The number of nitrogens with one attached hydrogen (secondary N) is 1. The van der Waals surface area contributed by atoms with E-state index in [4.69, 9.17) is 0 Å². The molecule has 0 spiro atoms. The molecule has 1 aliphatic rings. The SMILES string of the molecule is Cc1nc(Nc2ccc(F)c(F)c2)cc(N2CCN(c3ccccn3)CC2)n1. The predicted octanol–water partition coefficient (Wildman–Crippen LogP) is 3.53. The molecule has 0 aliphatic carbocycles. The summed E-state index contributed by atoms with van der Waals surface area (Å²) in [5, 5.41) is 3.02. The Bertz CT molecular complexity index is 958. The average molecular weight is 382 g/mol. The second-order valence-electron chi connectivity index (χ2n) is 6.57. The first kappa shape index (κ1) is 18.1. The summed E-state index contributed by atoms with van der Waals surface area (Å²) in [5.74, 6) is 1.15. The van der Waals surface area contributed by atoms with Crippen molar-refractivity contribution >= 4 is 23.1 Å². The number of halogens is 2. The summed E-state index contributed by atoms with van der Waals surface area (Å²) in [6.45, 7) is 5.09. The second-order valence-corrected chi connectivity index (χ2v) is 6.57. The van der Waals surface area contributed by atoms with Crippen LogP contribution >= 0.6 is 0 Å². The molecule has 1 saturated heterocycles. The maximum Gasteiger partial charge on any atom is 0.160 e. The Balaban J connectivity index is 1.47. The van der Waals surface area contributed by atoms with Gasteiger partial charge in [0.15, 0.2) is 11.6 Å². The van der Waals surface area contributed by atoms with E-state index in [1.54, 1.807) is 6.20 Å². The van der Waals surface area contributed by atoms with Crippen molar-refractivity contribution in [3.63, 3.8) is 0 Å². The summed E-state index contributed by atoms with van der Waals surface area (Å²) in [6.07, 6.45) is 1.80. The van der Waals surface area contributed by atoms with E-state index in [1.807, 2.05) is 31.2 Å². The summed E-state index contributed by atoms with van der Waals surface area (Å²) in [6, 6.07) is 11.4. The van der Waals surface area contributed by atoms with Gasteiger partial charge < -0.3 is 15.1 Å². The van der Waals surface area contributed by atoms with Gasteiger partial charge in [-0.15, -0.1) is 0 Å². The summed E-state index contributed by atoms with van der Waals surface area (Å²) < 4.78 is 26.6. The number of aryl methyl sites for hydroxylation is 1. The number of piperazine rings is 1. The quantitative estimate of drug-likeness (QED) is 0.745. The van der Waals surface area contributed by atoms with Gasteiger partial charge in [-0.3, -0.25) is 0 Å². The van der Waals surface area contributed by atoms with E-state index >= 15 is 0 Å². The lowest BCUT2D eigenvalue weighted by Crippen LogP contribution is -2.47. The molecule has 0 radical (unpaired) electrons. The molecular weight excluding hydrogens is 362 g/mol. The molecule has 3 heterocycles. The smallest absolute Gasteiger partial charge is 0.160 e. The van der Waals surface area contributed by atoms with Gasteiger partial charge >= 0.3 is 0 Å². The normalized spacial score (nSPS) is 14.2. The molecule has 1 N–H and O–H groups in total. The molecule has 1 aromatic carbocycles. The number of hydrogen-bond donors (Lipinski definition) is 1. The third-order valence-electron chi connectivity index (χ3n) is 4.59. The van der Waals surface area contributed by atoms with Gasteiger partial charge in [0.25, 0.3) is 0 Å². The van der Waals surface area contributed by atoms with Gasteiger partial charge in [-0.2, -0.15) is 0 Å². The number of aromatic nitrogens is 3. The van der Waals surface area contributed by atoms with Crippen LogP contribution in [0.25, 0.3) is 0 Å². The Hall–Kier alpha value is -3.29. The molecule has 0 unspecified atom stereocenters. The zero-order valence-electron chi connectivity index (χ0n) is 15.4. The highest BCUT2D eigenvalue weighted by molar-refractivity contribution is 5.60. The molecule has 1 fully saturated rings. The topological polar surface area (TPSA) is 57.2 Å². The van der Waals surface area contributed by atoms with Crippen molar-refractivity contribution < 1.29 is 8.78 Å². The summed E-state index contributed by atoms with van der Waals surface area (Å²) in [7, 11) is 0. The molecule has 1 aliphatic heterocycles. The number of pyridine rings is 1. The fourth-order valence-corrected chi connectivity index (χ4v) is 3.21. The number of benzene rings is 1. The lowest BCUT2D eigenvalue weighted by atomic mass is 10.3. The van der Waals surface area contributed by atoms with Crippen molar-refractivity contribution in [3.8, 4) is 0 Å². The van der Waals surface area contributed by atoms with Crippen LogP contribution in [-0.2, 0) is 0 Å². The predicted molar refractivity (Wildman–Crippen MR) is 105 cm³/mol. The van der Waals surface area contributed by atoms with Gasteiger partial charge in [0.2, 0.25) is 0 Å². The first-order valence-corrected chi connectivity index (χ1v) is 9.07. The van der Waals surface area contributed by atoms with Crippen LogP contribution in [0.2, 0.25) is 0 Å². The second kappa shape index (κ2) is 7.75. The van der Waals surface area contributed by atoms with Gasteiger partial charge in [-0.25, -0.2) is 23.7 Å².